The van der Waals surface area contributed by atoms with Gasteiger partial charge in [-0.15, -0.1) is 0 Å². The van der Waals surface area contributed by atoms with Gasteiger partial charge in [0.15, 0.2) is 0 Å². The van der Waals surface area contributed by atoms with Crippen LogP contribution in [-0.2, 0) is 9.53 Å². The van der Waals surface area contributed by atoms with E-state index in [9.17, 15) is 9.90 Å². The number of nitrogens with two attached hydrogens (primary N) is 1. The maximum atomic E-state index is 11.8. The van der Waals surface area contributed by atoms with Crippen LogP contribution in [-0.4, -0.2) is 41.9 Å². The van der Waals surface area contributed by atoms with E-state index in [0.29, 0.717) is 26.1 Å². The minimum absolute atomic E-state index is 0.0435. The largest absolute Gasteiger partial charge is 0.394 e. The van der Waals surface area contributed by atoms with E-state index < -0.39 is 11.1 Å². The van der Waals surface area contributed by atoms with Gasteiger partial charge in [0.1, 0.15) is 0 Å². The van der Waals surface area contributed by atoms with E-state index in [1.54, 1.807) is 0 Å². The molecule has 0 radical (unpaired) electrons. The molecular formula is C10H18N2O3. The summed E-state index contributed by atoms with van der Waals surface area (Å²) in [6.07, 6.45) is 2.81. The van der Waals surface area contributed by atoms with Crippen LogP contribution in [0.3, 0.4) is 0 Å². The van der Waals surface area contributed by atoms with Gasteiger partial charge in [0.2, 0.25) is 5.91 Å². The Balaban J connectivity index is 1.97. The number of aliphatic hydroxyl groups is 1. The molecule has 1 saturated carbocycles. The number of aliphatic hydroxyl groups excluding tert-OH is 1. The van der Waals surface area contributed by atoms with Gasteiger partial charge in [-0.25, -0.2) is 0 Å². The van der Waals surface area contributed by atoms with Crippen molar-refractivity contribution in [3.8, 4) is 0 Å². The maximum absolute atomic E-state index is 11.8. The predicted octanol–water partition coefficient (Wildman–Crippen LogP) is -0.865. The predicted molar refractivity (Wildman–Crippen MR) is 54.2 cm³/mol. The Hall–Kier alpha value is -0.650. The van der Waals surface area contributed by atoms with E-state index in [1.807, 2.05) is 0 Å². The minimum Gasteiger partial charge on any atom is -0.394 e. The van der Waals surface area contributed by atoms with Crippen molar-refractivity contribution in [3.05, 3.63) is 0 Å². The molecule has 1 heterocycles. The summed E-state index contributed by atoms with van der Waals surface area (Å²) < 4.78 is 5.22. The molecular weight excluding hydrogens is 196 g/mol. The molecule has 4 N–H and O–H groups in total. The molecule has 0 atom stereocenters. The van der Waals surface area contributed by atoms with Crippen LogP contribution in [0.25, 0.3) is 0 Å². The number of amides is 1. The molecule has 2 rings (SSSR count). The molecule has 2 aliphatic rings. The van der Waals surface area contributed by atoms with Gasteiger partial charge in [-0.2, -0.15) is 0 Å². The standard InChI is InChI=1S/C10H18N2O3/c11-10(1-2-10)8(14)12-9(7-13)3-5-15-6-4-9/h13H,1-7,11H2,(H,12,14). The first kappa shape index (κ1) is 10.9. The second kappa shape index (κ2) is 3.73. The smallest absolute Gasteiger partial charge is 0.240 e. The maximum Gasteiger partial charge on any atom is 0.240 e. The summed E-state index contributed by atoms with van der Waals surface area (Å²) in [5, 5.41) is 12.3. The molecule has 0 aromatic rings. The molecule has 0 aromatic carbocycles. The minimum atomic E-state index is -0.666. The number of ether oxygens (including phenoxy) is 1. The van der Waals surface area contributed by atoms with Crippen LogP contribution in [0.2, 0.25) is 0 Å². The first-order valence-electron chi connectivity index (χ1n) is 5.40. The van der Waals surface area contributed by atoms with Gasteiger partial charge in [-0.1, -0.05) is 0 Å². The summed E-state index contributed by atoms with van der Waals surface area (Å²) in [5.41, 5.74) is 4.62. The van der Waals surface area contributed by atoms with Crippen LogP contribution in [0.5, 0.6) is 0 Å². The fourth-order valence-corrected chi connectivity index (χ4v) is 1.81. The van der Waals surface area contributed by atoms with Gasteiger partial charge in [0.05, 0.1) is 17.7 Å². The second-order valence-electron chi connectivity index (χ2n) is 4.66. The molecule has 0 unspecified atom stereocenters. The third-order valence-electron chi connectivity index (χ3n) is 3.37. The summed E-state index contributed by atoms with van der Waals surface area (Å²) in [6.45, 7) is 1.12. The van der Waals surface area contributed by atoms with E-state index in [4.69, 9.17) is 10.5 Å². The molecule has 1 saturated heterocycles. The number of hydrogen-bond donors (Lipinski definition) is 3. The summed E-state index contributed by atoms with van der Waals surface area (Å²) in [6, 6.07) is 0. The van der Waals surface area contributed by atoms with E-state index >= 15 is 0 Å². The first-order valence-corrected chi connectivity index (χ1v) is 5.40. The Morgan fingerprint density at radius 1 is 1.33 bits per heavy atom. The van der Waals surface area contributed by atoms with Crippen molar-refractivity contribution in [2.45, 2.75) is 36.8 Å². The Morgan fingerprint density at radius 2 is 1.93 bits per heavy atom. The van der Waals surface area contributed by atoms with Crippen molar-refractivity contribution in [2.75, 3.05) is 19.8 Å². The Kier molecular flexibility index (Phi) is 2.70. The average molecular weight is 214 g/mol. The topological polar surface area (TPSA) is 84.6 Å². The SMILES string of the molecule is NC1(C(=O)NC2(CO)CCOCC2)CC1. The second-order valence-corrected chi connectivity index (χ2v) is 4.66. The van der Waals surface area contributed by atoms with E-state index in [2.05, 4.69) is 5.32 Å². The Morgan fingerprint density at radius 3 is 2.40 bits per heavy atom. The zero-order valence-electron chi connectivity index (χ0n) is 8.79. The molecule has 2 fully saturated rings. The van der Waals surface area contributed by atoms with E-state index in [0.717, 1.165) is 12.8 Å². The highest BCUT2D eigenvalue weighted by Gasteiger charge is 2.48. The lowest BCUT2D eigenvalue weighted by Crippen LogP contribution is -2.59. The molecule has 0 aromatic heterocycles. The molecule has 5 nitrogen and oxygen atoms in total. The summed E-state index contributed by atoms with van der Waals surface area (Å²) in [5.74, 6) is -0.126. The number of nitrogens with one attached hydrogen (secondary N) is 1. The molecule has 5 heteroatoms. The highest BCUT2D eigenvalue weighted by atomic mass is 16.5. The van der Waals surface area contributed by atoms with Crippen molar-refractivity contribution in [1.82, 2.24) is 5.32 Å². The quantitative estimate of drug-likeness (QED) is 0.570. The molecule has 1 amide bonds. The first-order chi connectivity index (χ1) is 7.10. The van der Waals surface area contributed by atoms with Crippen molar-refractivity contribution >= 4 is 5.91 Å². The van der Waals surface area contributed by atoms with Crippen LogP contribution < -0.4 is 11.1 Å². The Labute approximate surface area is 89.0 Å². The number of carbonyl (C=O) groups excluding carboxylic acids is 1. The highest BCUT2D eigenvalue weighted by Crippen LogP contribution is 2.33. The third-order valence-corrected chi connectivity index (χ3v) is 3.37. The molecule has 86 valence electrons. The normalized spacial score (nSPS) is 27.1. The van der Waals surface area contributed by atoms with Gasteiger partial charge in [0, 0.05) is 13.2 Å². The lowest BCUT2D eigenvalue weighted by Gasteiger charge is -2.37. The molecule has 1 aliphatic carbocycles. The lowest BCUT2D eigenvalue weighted by molar-refractivity contribution is -0.127. The van der Waals surface area contributed by atoms with Gasteiger partial charge in [-0.05, 0) is 25.7 Å². The van der Waals surface area contributed by atoms with Crippen molar-refractivity contribution in [2.24, 2.45) is 5.73 Å². The average Bonchev–Trinajstić information content (AvgIpc) is 2.99. The summed E-state index contributed by atoms with van der Waals surface area (Å²) >= 11 is 0. The molecule has 0 spiro atoms. The van der Waals surface area contributed by atoms with Crippen molar-refractivity contribution < 1.29 is 14.6 Å². The van der Waals surface area contributed by atoms with Crippen molar-refractivity contribution in [3.63, 3.8) is 0 Å². The van der Waals surface area contributed by atoms with Gasteiger partial charge < -0.3 is 20.9 Å². The summed E-state index contributed by atoms with van der Waals surface area (Å²) in [7, 11) is 0. The lowest BCUT2D eigenvalue weighted by atomic mass is 9.90. The van der Waals surface area contributed by atoms with Gasteiger partial charge >= 0.3 is 0 Å². The third kappa shape index (κ3) is 2.14. The van der Waals surface area contributed by atoms with Gasteiger partial charge in [0.25, 0.3) is 0 Å². The molecule has 15 heavy (non-hydrogen) atoms. The number of rotatable bonds is 3. The van der Waals surface area contributed by atoms with Gasteiger partial charge in [-0.3, -0.25) is 4.79 Å². The zero-order chi connectivity index (χ0) is 10.9. The number of hydrogen-bond acceptors (Lipinski definition) is 4. The van der Waals surface area contributed by atoms with Crippen LogP contribution in [0.4, 0.5) is 0 Å². The van der Waals surface area contributed by atoms with Crippen LogP contribution in [0, 0.1) is 0 Å². The van der Waals surface area contributed by atoms with Crippen LogP contribution in [0.1, 0.15) is 25.7 Å². The summed E-state index contributed by atoms with van der Waals surface area (Å²) in [4.78, 5) is 11.8. The van der Waals surface area contributed by atoms with Crippen LogP contribution in [0.15, 0.2) is 0 Å². The van der Waals surface area contributed by atoms with E-state index in [-0.39, 0.29) is 12.5 Å². The fraction of sp³-hybridized carbons (Fsp3) is 0.900. The fourth-order valence-electron chi connectivity index (χ4n) is 1.81. The monoisotopic (exact) mass is 214 g/mol. The highest BCUT2D eigenvalue weighted by molar-refractivity contribution is 5.89. The number of carbonyl (C=O) groups is 1. The van der Waals surface area contributed by atoms with Crippen molar-refractivity contribution in [1.29, 1.82) is 0 Å². The molecule has 0 bridgehead atoms. The Bertz CT molecular complexity index is 257. The zero-order valence-corrected chi connectivity index (χ0v) is 8.79. The van der Waals surface area contributed by atoms with E-state index in [1.165, 1.54) is 0 Å². The van der Waals surface area contributed by atoms with Crippen LogP contribution >= 0.6 is 0 Å². The molecule has 1 aliphatic heterocycles.